The summed E-state index contributed by atoms with van der Waals surface area (Å²) in [6.07, 6.45) is 2.84. The van der Waals surface area contributed by atoms with Crippen molar-refractivity contribution in [3.8, 4) is 39.1 Å². The largest absolute Gasteiger partial charge is 0.309 e. The Balaban J connectivity index is 1.09. The van der Waals surface area contributed by atoms with E-state index in [1.807, 2.05) is 49.4 Å². The minimum Gasteiger partial charge on any atom is -0.309 e. The average Bonchev–Trinajstić information content (AvgIpc) is 3.84. The maximum Gasteiger partial charge on any atom is 0.160 e. The highest BCUT2D eigenvalue weighted by Gasteiger charge is 2.25. The molecule has 0 amide bonds. The van der Waals surface area contributed by atoms with Gasteiger partial charge < -0.3 is 4.57 Å². The average molecular weight is 770 g/mol. The topological polar surface area (TPSA) is 29.6 Å². The lowest BCUT2D eigenvalue weighted by molar-refractivity contribution is 1.18. The summed E-state index contributed by atoms with van der Waals surface area (Å²) in [4.78, 5) is 10.3. The number of nitrogens with zero attached hydrogens (tertiary/aromatic N) is 3. The fraction of sp³-hybridized carbons (Fsp3) is 0.0526. The lowest BCUT2D eigenvalue weighted by Gasteiger charge is -2.19. The Labute approximate surface area is 351 Å². The molecule has 0 saturated carbocycles. The molecule has 286 valence electrons. The highest BCUT2D eigenvalue weighted by atomic mass is 15.0. The van der Waals surface area contributed by atoms with Crippen molar-refractivity contribution >= 4 is 45.1 Å². The van der Waals surface area contributed by atoms with E-state index in [0.717, 1.165) is 51.2 Å². The standard InChI is InChI=1S/C57H43N3/c1-5-40-32-33-46(60-53-28-14-12-24-49(53)50-25-13-15-29-54(50)60)36-52(40)55-37(2)18-16-27-48(55)44-31-30-43-34-45-23-17-26-47(56(45)51(43)35-44)39(4)59-57(42-21-10-7-11-22-42)58-38(3)41-19-8-6-9-20-41/h5-33,35-36H,1,4,34H2,2-3H3/b58-38+,59-57-. The molecule has 0 saturated heterocycles. The third-order valence-corrected chi connectivity index (χ3v) is 11.9. The van der Waals surface area contributed by atoms with Crippen LogP contribution in [-0.2, 0) is 6.42 Å². The molecule has 3 heteroatoms. The first-order valence-corrected chi connectivity index (χ1v) is 20.5. The summed E-state index contributed by atoms with van der Waals surface area (Å²) in [5, 5.41) is 2.49. The molecule has 1 aliphatic carbocycles. The molecule has 10 rings (SSSR count). The fourth-order valence-electron chi connectivity index (χ4n) is 9.02. The van der Waals surface area contributed by atoms with Crippen LogP contribution in [0.25, 0.3) is 72.6 Å². The number of rotatable bonds is 8. The van der Waals surface area contributed by atoms with Crippen molar-refractivity contribution in [1.29, 1.82) is 0 Å². The zero-order chi connectivity index (χ0) is 40.7. The summed E-state index contributed by atoms with van der Waals surface area (Å²) in [5.74, 6) is 0.636. The molecule has 0 bridgehead atoms. The molecular weight excluding hydrogens is 727 g/mol. The molecule has 0 atom stereocenters. The van der Waals surface area contributed by atoms with Crippen LogP contribution in [0.5, 0.6) is 0 Å². The summed E-state index contributed by atoms with van der Waals surface area (Å²) in [5.41, 5.74) is 20.1. The van der Waals surface area contributed by atoms with Gasteiger partial charge in [0.15, 0.2) is 5.84 Å². The highest BCUT2D eigenvalue weighted by Crippen LogP contribution is 2.45. The number of fused-ring (bicyclic) bond motifs is 6. The molecule has 0 N–H and O–H groups in total. The van der Waals surface area contributed by atoms with Crippen molar-refractivity contribution in [3.05, 3.63) is 234 Å². The molecule has 60 heavy (non-hydrogen) atoms. The third kappa shape index (κ3) is 6.42. The van der Waals surface area contributed by atoms with E-state index in [1.54, 1.807) is 0 Å². The van der Waals surface area contributed by atoms with Gasteiger partial charge in [0.1, 0.15) is 0 Å². The second kappa shape index (κ2) is 15.3. The van der Waals surface area contributed by atoms with Crippen molar-refractivity contribution in [1.82, 2.24) is 4.57 Å². The number of para-hydroxylation sites is 2. The summed E-state index contributed by atoms with van der Waals surface area (Å²) in [7, 11) is 0. The summed E-state index contributed by atoms with van der Waals surface area (Å²) >= 11 is 0. The molecule has 1 heterocycles. The lowest BCUT2D eigenvalue weighted by atomic mass is 9.87. The quantitative estimate of drug-likeness (QED) is 0.109. The second-order valence-corrected chi connectivity index (χ2v) is 15.5. The molecule has 1 aromatic heterocycles. The number of hydrogen-bond donors (Lipinski definition) is 0. The van der Waals surface area contributed by atoms with Crippen LogP contribution >= 0.6 is 0 Å². The van der Waals surface area contributed by atoms with Gasteiger partial charge in [-0.05, 0) is 112 Å². The number of aromatic nitrogens is 1. The van der Waals surface area contributed by atoms with Crippen molar-refractivity contribution in [2.24, 2.45) is 9.98 Å². The van der Waals surface area contributed by atoms with Gasteiger partial charge in [-0.3, -0.25) is 0 Å². The van der Waals surface area contributed by atoms with Gasteiger partial charge in [-0.1, -0.05) is 171 Å². The Morgan fingerprint density at radius 1 is 0.567 bits per heavy atom. The second-order valence-electron chi connectivity index (χ2n) is 15.5. The predicted octanol–water partition coefficient (Wildman–Crippen LogP) is 14.6. The van der Waals surface area contributed by atoms with Crippen LogP contribution in [0.1, 0.15) is 45.9 Å². The van der Waals surface area contributed by atoms with Crippen molar-refractivity contribution in [3.63, 3.8) is 0 Å². The SMILES string of the molecule is C=Cc1ccc(-n2c3ccccc3c3ccccc32)cc1-c1c(C)cccc1-c1ccc2c(c1)-c1c(cccc1C(=C)/N=C(\N=C(/C)c1ccccc1)c1ccccc1)C2. The van der Waals surface area contributed by atoms with Gasteiger partial charge in [0, 0.05) is 33.3 Å². The smallest absolute Gasteiger partial charge is 0.160 e. The minimum atomic E-state index is 0.636. The van der Waals surface area contributed by atoms with Crippen LogP contribution in [0.4, 0.5) is 0 Å². The molecule has 8 aromatic carbocycles. The normalized spacial score (nSPS) is 12.4. The number of aryl methyl sites for hydroxylation is 1. The number of benzene rings is 8. The highest BCUT2D eigenvalue weighted by molar-refractivity contribution is 6.13. The monoisotopic (exact) mass is 769 g/mol. The maximum absolute atomic E-state index is 5.19. The third-order valence-electron chi connectivity index (χ3n) is 11.9. The van der Waals surface area contributed by atoms with E-state index in [0.29, 0.717) is 11.5 Å². The molecule has 3 nitrogen and oxygen atoms in total. The Kier molecular flexibility index (Phi) is 9.35. The van der Waals surface area contributed by atoms with Gasteiger partial charge >= 0.3 is 0 Å². The van der Waals surface area contributed by atoms with Crippen LogP contribution < -0.4 is 0 Å². The molecule has 0 unspecified atom stereocenters. The first-order chi connectivity index (χ1) is 29.5. The molecule has 1 aliphatic rings. The van der Waals surface area contributed by atoms with E-state index in [2.05, 4.69) is 170 Å². The number of hydrogen-bond acceptors (Lipinski definition) is 1. The molecular formula is C57H43N3. The molecule has 0 radical (unpaired) electrons. The predicted molar refractivity (Wildman–Crippen MR) is 255 cm³/mol. The number of aliphatic imine (C=N–C) groups is 2. The molecule has 9 aromatic rings. The van der Waals surface area contributed by atoms with Gasteiger partial charge in [0.2, 0.25) is 0 Å². The van der Waals surface area contributed by atoms with Crippen LogP contribution in [-0.4, -0.2) is 16.1 Å². The first-order valence-electron chi connectivity index (χ1n) is 20.5. The van der Waals surface area contributed by atoms with Gasteiger partial charge in [-0.15, -0.1) is 0 Å². The van der Waals surface area contributed by atoms with Crippen molar-refractivity contribution in [2.45, 2.75) is 20.3 Å². The Hall–Kier alpha value is -7.62. The zero-order valence-electron chi connectivity index (χ0n) is 33.9. The zero-order valence-corrected chi connectivity index (χ0v) is 33.9. The lowest BCUT2D eigenvalue weighted by Crippen LogP contribution is -2.04. The van der Waals surface area contributed by atoms with E-state index in [1.165, 1.54) is 60.8 Å². The van der Waals surface area contributed by atoms with Gasteiger partial charge in [-0.2, -0.15) is 0 Å². The minimum absolute atomic E-state index is 0.636. The van der Waals surface area contributed by atoms with Crippen LogP contribution in [0, 0.1) is 6.92 Å². The molecule has 0 aliphatic heterocycles. The van der Waals surface area contributed by atoms with Crippen LogP contribution in [0.15, 0.2) is 205 Å². The Bertz CT molecular complexity index is 3160. The fourth-order valence-corrected chi connectivity index (χ4v) is 9.02. The Morgan fingerprint density at radius 2 is 1.23 bits per heavy atom. The maximum atomic E-state index is 5.19. The van der Waals surface area contributed by atoms with Gasteiger partial charge in [-0.25, -0.2) is 9.98 Å². The van der Waals surface area contributed by atoms with Gasteiger partial charge in [0.05, 0.1) is 16.7 Å². The van der Waals surface area contributed by atoms with Crippen LogP contribution in [0.2, 0.25) is 0 Å². The van der Waals surface area contributed by atoms with E-state index < -0.39 is 0 Å². The van der Waals surface area contributed by atoms with Crippen molar-refractivity contribution < 1.29 is 0 Å². The summed E-state index contributed by atoms with van der Waals surface area (Å²) in [6.45, 7) is 13.1. The van der Waals surface area contributed by atoms with Gasteiger partial charge in [0.25, 0.3) is 0 Å². The van der Waals surface area contributed by atoms with E-state index >= 15 is 0 Å². The summed E-state index contributed by atoms with van der Waals surface area (Å²) < 4.78 is 2.39. The molecule has 0 fully saturated rings. The Morgan fingerprint density at radius 3 is 1.95 bits per heavy atom. The summed E-state index contributed by atoms with van der Waals surface area (Å²) in [6, 6.07) is 64.7. The van der Waals surface area contributed by atoms with Crippen LogP contribution in [0.3, 0.4) is 0 Å². The number of amidine groups is 1. The van der Waals surface area contributed by atoms with E-state index in [-0.39, 0.29) is 0 Å². The first kappa shape index (κ1) is 36.7. The van der Waals surface area contributed by atoms with E-state index in [9.17, 15) is 0 Å². The molecule has 0 spiro atoms. The van der Waals surface area contributed by atoms with Crippen molar-refractivity contribution in [2.75, 3.05) is 0 Å². The van der Waals surface area contributed by atoms with E-state index in [4.69, 9.17) is 9.98 Å².